The lowest BCUT2D eigenvalue weighted by atomic mass is 10.0. The van der Waals surface area contributed by atoms with Crippen LogP contribution in [0.2, 0.25) is 0 Å². The summed E-state index contributed by atoms with van der Waals surface area (Å²) in [6, 6.07) is 16.1. The Bertz CT molecular complexity index is 1330. The number of carbonyl (C=O) groups is 1. The molecule has 34 heavy (non-hydrogen) atoms. The van der Waals surface area contributed by atoms with Gasteiger partial charge in [-0.2, -0.15) is 9.61 Å². The molecule has 1 amide bonds. The zero-order valence-corrected chi connectivity index (χ0v) is 19.3. The van der Waals surface area contributed by atoms with E-state index in [0.717, 1.165) is 37.2 Å². The van der Waals surface area contributed by atoms with Gasteiger partial charge in [-0.25, -0.2) is 9.37 Å². The zero-order chi connectivity index (χ0) is 23.7. The molecule has 9 heteroatoms. The van der Waals surface area contributed by atoms with Crippen molar-refractivity contribution in [1.82, 2.24) is 24.4 Å². The Morgan fingerprint density at radius 2 is 1.82 bits per heavy atom. The molecule has 7 nitrogen and oxygen atoms in total. The first-order valence-electron chi connectivity index (χ1n) is 11.4. The number of halogens is 1. The molecule has 1 fully saturated rings. The summed E-state index contributed by atoms with van der Waals surface area (Å²) in [5.74, 6) is 0.474. The molecule has 1 aliphatic heterocycles. The second-order valence-corrected chi connectivity index (χ2v) is 8.72. The molecule has 0 bridgehead atoms. The van der Waals surface area contributed by atoms with Crippen molar-refractivity contribution in [3.8, 4) is 11.3 Å². The molecule has 0 aliphatic carbocycles. The maximum absolute atomic E-state index is 14.4. The Labute approximate surface area is 198 Å². The highest BCUT2D eigenvalue weighted by atomic mass is 19.1. The largest absolute Gasteiger partial charge is 0.366 e. The minimum atomic E-state index is -0.317. The van der Waals surface area contributed by atoms with Crippen LogP contribution in [0.3, 0.4) is 0 Å². The first-order valence-corrected chi connectivity index (χ1v) is 11.4. The normalized spacial score (nSPS) is 14.5. The number of anilines is 1. The SMILES string of the molecule is Bc1cnn2c(NCc3ccc(C(=O)N4CCN(C)CC4)cc3)cc(-c3ccccc3F)nc12. The molecule has 5 rings (SSSR count). The predicted molar refractivity (Wildman–Crippen MR) is 134 cm³/mol. The van der Waals surface area contributed by atoms with Crippen molar-refractivity contribution in [2.45, 2.75) is 6.54 Å². The summed E-state index contributed by atoms with van der Waals surface area (Å²) >= 11 is 0. The average molecular weight is 456 g/mol. The van der Waals surface area contributed by atoms with Crippen molar-refractivity contribution in [2.75, 3.05) is 38.5 Å². The molecular weight excluding hydrogens is 430 g/mol. The van der Waals surface area contributed by atoms with Crippen LogP contribution in [0.1, 0.15) is 15.9 Å². The fourth-order valence-corrected chi connectivity index (χ4v) is 4.16. The number of hydrogen-bond acceptors (Lipinski definition) is 5. The molecule has 3 heterocycles. The van der Waals surface area contributed by atoms with Crippen molar-refractivity contribution in [1.29, 1.82) is 0 Å². The molecule has 172 valence electrons. The number of fused-ring (bicyclic) bond motifs is 1. The van der Waals surface area contributed by atoms with Gasteiger partial charge in [-0.05, 0) is 42.3 Å². The smallest absolute Gasteiger partial charge is 0.253 e. The lowest BCUT2D eigenvalue weighted by molar-refractivity contribution is 0.0664. The van der Waals surface area contributed by atoms with E-state index in [2.05, 4.69) is 27.3 Å². The Balaban J connectivity index is 1.35. The van der Waals surface area contributed by atoms with E-state index in [0.29, 0.717) is 34.8 Å². The third kappa shape index (κ3) is 4.39. The number of rotatable bonds is 5. The van der Waals surface area contributed by atoms with Gasteiger partial charge < -0.3 is 15.1 Å². The third-order valence-electron chi connectivity index (χ3n) is 6.26. The molecule has 1 saturated heterocycles. The summed E-state index contributed by atoms with van der Waals surface area (Å²) in [7, 11) is 4.00. The quantitative estimate of drug-likeness (QED) is 0.464. The summed E-state index contributed by atoms with van der Waals surface area (Å²) < 4.78 is 16.2. The van der Waals surface area contributed by atoms with E-state index < -0.39 is 0 Å². The highest BCUT2D eigenvalue weighted by Gasteiger charge is 2.20. The number of carbonyl (C=O) groups excluding carboxylic acids is 1. The number of likely N-dealkylation sites (N-methyl/N-ethyl adjacent to an activating group) is 1. The third-order valence-corrected chi connectivity index (χ3v) is 6.26. The summed E-state index contributed by atoms with van der Waals surface area (Å²) in [5, 5.41) is 7.83. The van der Waals surface area contributed by atoms with Crippen LogP contribution < -0.4 is 10.8 Å². The van der Waals surface area contributed by atoms with E-state index in [9.17, 15) is 9.18 Å². The second kappa shape index (κ2) is 9.27. The van der Waals surface area contributed by atoms with E-state index >= 15 is 0 Å². The molecule has 1 N–H and O–H groups in total. The molecule has 0 unspecified atom stereocenters. The van der Waals surface area contributed by atoms with Crippen LogP contribution in [0.25, 0.3) is 16.9 Å². The van der Waals surface area contributed by atoms with Crippen molar-refractivity contribution in [3.05, 3.63) is 77.7 Å². The van der Waals surface area contributed by atoms with Gasteiger partial charge >= 0.3 is 0 Å². The van der Waals surface area contributed by atoms with Gasteiger partial charge in [0.2, 0.25) is 0 Å². The number of nitrogens with one attached hydrogen (secondary N) is 1. The van der Waals surface area contributed by atoms with E-state index in [1.54, 1.807) is 28.9 Å². The van der Waals surface area contributed by atoms with Gasteiger partial charge in [0.1, 0.15) is 19.5 Å². The number of aromatic nitrogens is 3. The zero-order valence-electron chi connectivity index (χ0n) is 19.3. The number of benzene rings is 2. The van der Waals surface area contributed by atoms with Crippen LogP contribution in [0.15, 0.2) is 60.8 Å². The molecule has 2 aromatic carbocycles. The maximum Gasteiger partial charge on any atom is 0.253 e. The summed E-state index contributed by atoms with van der Waals surface area (Å²) in [4.78, 5) is 21.6. The standard InChI is InChI=1S/C25H26BFN6O/c1-31-10-12-32(13-11-31)25(34)18-8-6-17(7-9-18)15-28-23-14-22(19-4-2-3-5-21(19)27)30-24-20(26)16-29-33(23)24/h2-9,14,16,28H,10-13,15,26H2,1H3. The monoisotopic (exact) mass is 456 g/mol. The van der Waals surface area contributed by atoms with Crippen LogP contribution in [0.4, 0.5) is 10.2 Å². The first kappa shape index (κ1) is 22.1. The lowest BCUT2D eigenvalue weighted by Gasteiger charge is -2.32. The van der Waals surface area contributed by atoms with Gasteiger partial charge in [0.25, 0.3) is 5.91 Å². The van der Waals surface area contributed by atoms with E-state index in [1.165, 1.54) is 6.07 Å². The fourth-order valence-electron chi connectivity index (χ4n) is 4.16. The first-order chi connectivity index (χ1) is 16.5. The molecule has 4 aromatic rings. The Morgan fingerprint density at radius 3 is 2.56 bits per heavy atom. The van der Waals surface area contributed by atoms with Crippen LogP contribution in [0.5, 0.6) is 0 Å². The average Bonchev–Trinajstić information content (AvgIpc) is 3.24. The highest BCUT2D eigenvalue weighted by molar-refractivity contribution is 6.36. The Hall–Kier alpha value is -3.72. The van der Waals surface area contributed by atoms with Crippen LogP contribution in [-0.4, -0.2) is 71.4 Å². The lowest BCUT2D eigenvalue weighted by Crippen LogP contribution is -2.47. The van der Waals surface area contributed by atoms with E-state index in [4.69, 9.17) is 0 Å². The molecular formula is C25H26BFN6O. The van der Waals surface area contributed by atoms with Crippen LogP contribution >= 0.6 is 0 Å². The molecule has 0 spiro atoms. The van der Waals surface area contributed by atoms with E-state index in [1.807, 2.05) is 43.1 Å². The van der Waals surface area contributed by atoms with Crippen LogP contribution in [0, 0.1) is 5.82 Å². The van der Waals surface area contributed by atoms with Gasteiger partial charge in [-0.15, -0.1) is 0 Å². The van der Waals surface area contributed by atoms with Gasteiger partial charge in [0.15, 0.2) is 5.65 Å². The predicted octanol–water partition coefficient (Wildman–Crippen LogP) is 1.79. The molecule has 2 aromatic heterocycles. The molecule has 1 aliphatic rings. The Kier molecular flexibility index (Phi) is 6.02. The van der Waals surface area contributed by atoms with Gasteiger partial charge in [0, 0.05) is 56.1 Å². The van der Waals surface area contributed by atoms with Crippen molar-refractivity contribution < 1.29 is 9.18 Å². The minimum Gasteiger partial charge on any atom is -0.366 e. The molecule has 0 atom stereocenters. The fraction of sp³-hybridized carbons (Fsp3) is 0.240. The number of hydrogen-bond donors (Lipinski definition) is 1. The van der Waals surface area contributed by atoms with Crippen LogP contribution in [-0.2, 0) is 6.54 Å². The van der Waals surface area contributed by atoms with Crippen molar-refractivity contribution in [3.63, 3.8) is 0 Å². The van der Waals surface area contributed by atoms with Gasteiger partial charge in [-0.1, -0.05) is 24.3 Å². The number of nitrogens with zero attached hydrogens (tertiary/aromatic N) is 5. The van der Waals surface area contributed by atoms with Gasteiger partial charge in [-0.3, -0.25) is 4.79 Å². The molecule has 0 radical (unpaired) electrons. The maximum atomic E-state index is 14.4. The highest BCUT2D eigenvalue weighted by Crippen LogP contribution is 2.24. The van der Waals surface area contributed by atoms with Crippen molar-refractivity contribution >= 4 is 30.7 Å². The van der Waals surface area contributed by atoms with Crippen molar-refractivity contribution in [2.24, 2.45) is 0 Å². The minimum absolute atomic E-state index is 0.0741. The van der Waals surface area contributed by atoms with E-state index in [-0.39, 0.29) is 11.7 Å². The number of piperazine rings is 1. The Morgan fingerprint density at radius 1 is 1.09 bits per heavy atom. The van der Waals surface area contributed by atoms with Gasteiger partial charge in [0.05, 0.1) is 5.69 Å². The molecule has 0 saturated carbocycles. The summed E-state index contributed by atoms with van der Waals surface area (Å²) in [5.41, 5.74) is 4.30. The summed E-state index contributed by atoms with van der Waals surface area (Å²) in [6.07, 6.45) is 1.75. The number of amides is 1. The summed E-state index contributed by atoms with van der Waals surface area (Å²) in [6.45, 7) is 3.83. The second-order valence-electron chi connectivity index (χ2n) is 8.72. The topological polar surface area (TPSA) is 65.8 Å².